The Kier molecular flexibility index (Phi) is 3.22. The molecule has 0 heterocycles. The fraction of sp³-hybridized carbons (Fsp3) is 0.286. The van der Waals surface area contributed by atoms with Gasteiger partial charge in [-0.05, 0) is 29.3 Å². The Balaban J connectivity index is 2.32. The molecule has 16 heavy (non-hydrogen) atoms. The average Bonchev–Trinajstić information content (AvgIpc) is 2.27. The minimum Gasteiger partial charge on any atom is -0.393 e. The fourth-order valence-corrected chi connectivity index (χ4v) is 1.87. The number of benzene rings is 2. The molecule has 2 nitrogen and oxygen atoms in total. The fourth-order valence-electron chi connectivity index (χ4n) is 1.87. The highest BCUT2D eigenvalue weighted by Crippen LogP contribution is 2.23. The van der Waals surface area contributed by atoms with Crippen LogP contribution in [0.1, 0.15) is 25.0 Å². The van der Waals surface area contributed by atoms with Crippen LogP contribution in [0.15, 0.2) is 42.5 Å². The lowest BCUT2D eigenvalue weighted by Crippen LogP contribution is -2.07. The monoisotopic (exact) mass is 216 g/mol. The van der Waals surface area contributed by atoms with Gasteiger partial charge in [-0.3, -0.25) is 0 Å². The molecule has 0 spiro atoms. The number of aliphatic hydroxyl groups is 2. The van der Waals surface area contributed by atoms with E-state index in [0.717, 1.165) is 16.3 Å². The van der Waals surface area contributed by atoms with Crippen LogP contribution in [0.2, 0.25) is 0 Å². The molecule has 0 saturated carbocycles. The Morgan fingerprint density at radius 2 is 1.69 bits per heavy atom. The minimum absolute atomic E-state index is 0.373. The van der Waals surface area contributed by atoms with Crippen molar-refractivity contribution in [3.63, 3.8) is 0 Å². The van der Waals surface area contributed by atoms with E-state index < -0.39 is 12.2 Å². The van der Waals surface area contributed by atoms with Crippen molar-refractivity contribution in [2.45, 2.75) is 25.6 Å². The predicted octanol–water partition coefficient (Wildman–Crippen LogP) is 2.64. The standard InChI is InChI=1S/C14H16O2/c1-10(15)8-14(16)13-7-6-11-4-2-3-5-12(11)9-13/h2-7,9-10,14-16H,8H2,1H3/t10-,14+/m1/s1. The number of aliphatic hydroxyl groups excluding tert-OH is 2. The first-order valence-electron chi connectivity index (χ1n) is 5.51. The molecule has 2 aromatic carbocycles. The maximum Gasteiger partial charge on any atom is 0.0814 e. The summed E-state index contributed by atoms with van der Waals surface area (Å²) in [7, 11) is 0. The van der Waals surface area contributed by atoms with Gasteiger partial charge in [0.15, 0.2) is 0 Å². The van der Waals surface area contributed by atoms with E-state index in [1.165, 1.54) is 0 Å². The van der Waals surface area contributed by atoms with E-state index in [0.29, 0.717) is 6.42 Å². The summed E-state index contributed by atoms with van der Waals surface area (Å²) in [5, 5.41) is 21.4. The van der Waals surface area contributed by atoms with Crippen LogP contribution in [0.4, 0.5) is 0 Å². The molecule has 0 unspecified atom stereocenters. The summed E-state index contributed by atoms with van der Waals surface area (Å²) in [6, 6.07) is 13.9. The first kappa shape index (κ1) is 11.1. The van der Waals surface area contributed by atoms with Gasteiger partial charge in [0, 0.05) is 6.42 Å². The SMILES string of the molecule is C[C@@H](O)C[C@H](O)c1ccc2ccccc2c1. The lowest BCUT2D eigenvalue weighted by molar-refractivity contribution is 0.0908. The second-order valence-corrected chi connectivity index (χ2v) is 4.21. The molecule has 2 rings (SSSR count). The zero-order valence-electron chi connectivity index (χ0n) is 9.30. The Morgan fingerprint density at radius 1 is 1.00 bits per heavy atom. The van der Waals surface area contributed by atoms with Crippen LogP contribution in [0.5, 0.6) is 0 Å². The third kappa shape index (κ3) is 2.40. The van der Waals surface area contributed by atoms with E-state index in [2.05, 4.69) is 0 Å². The second-order valence-electron chi connectivity index (χ2n) is 4.21. The first-order chi connectivity index (χ1) is 7.66. The molecule has 2 heteroatoms. The highest BCUT2D eigenvalue weighted by molar-refractivity contribution is 5.83. The molecule has 0 saturated heterocycles. The Morgan fingerprint density at radius 3 is 2.38 bits per heavy atom. The van der Waals surface area contributed by atoms with Crippen LogP contribution in [0, 0.1) is 0 Å². The van der Waals surface area contributed by atoms with Crippen molar-refractivity contribution in [1.29, 1.82) is 0 Å². The zero-order chi connectivity index (χ0) is 11.5. The van der Waals surface area contributed by atoms with Gasteiger partial charge >= 0.3 is 0 Å². The van der Waals surface area contributed by atoms with Gasteiger partial charge in [-0.25, -0.2) is 0 Å². The van der Waals surface area contributed by atoms with Gasteiger partial charge in [-0.1, -0.05) is 36.4 Å². The normalized spacial score (nSPS) is 14.9. The third-order valence-electron chi connectivity index (χ3n) is 2.72. The van der Waals surface area contributed by atoms with E-state index in [4.69, 9.17) is 0 Å². The lowest BCUT2D eigenvalue weighted by Gasteiger charge is -2.13. The minimum atomic E-state index is -0.593. The second kappa shape index (κ2) is 4.64. The largest absolute Gasteiger partial charge is 0.393 e. The molecule has 2 atom stereocenters. The molecule has 0 aliphatic rings. The number of hydrogen-bond donors (Lipinski definition) is 2. The molecule has 0 fully saturated rings. The van der Waals surface area contributed by atoms with Crippen LogP contribution in [0.25, 0.3) is 10.8 Å². The molecular weight excluding hydrogens is 200 g/mol. The van der Waals surface area contributed by atoms with Gasteiger partial charge in [-0.2, -0.15) is 0 Å². The average molecular weight is 216 g/mol. The summed E-state index contributed by atoms with van der Waals surface area (Å²) in [6.45, 7) is 1.68. The van der Waals surface area contributed by atoms with Gasteiger partial charge in [0.1, 0.15) is 0 Å². The summed E-state index contributed by atoms with van der Waals surface area (Å²) >= 11 is 0. The van der Waals surface area contributed by atoms with Crippen molar-refractivity contribution in [3.8, 4) is 0 Å². The van der Waals surface area contributed by atoms with Gasteiger partial charge in [0.2, 0.25) is 0 Å². The first-order valence-corrected chi connectivity index (χ1v) is 5.51. The Hall–Kier alpha value is -1.38. The summed E-state index contributed by atoms with van der Waals surface area (Å²) in [5.41, 5.74) is 0.861. The van der Waals surface area contributed by atoms with E-state index >= 15 is 0 Å². The Labute approximate surface area is 95.2 Å². The number of fused-ring (bicyclic) bond motifs is 1. The molecule has 0 aliphatic carbocycles. The molecule has 2 N–H and O–H groups in total. The van der Waals surface area contributed by atoms with Crippen LogP contribution in [0.3, 0.4) is 0 Å². The topological polar surface area (TPSA) is 40.5 Å². The van der Waals surface area contributed by atoms with E-state index in [9.17, 15) is 10.2 Å². The van der Waals surface area contributed by atoms with Crippen molar-refractivity contribution in [3.05, 3.63) is 48.0 Å². The van der Waals surface area contributed by atoms with Crippen molar-refractivity contribution >= 4 is 10.8 Å². The number of rotatable bonds is 3. The van der Waals surface area contributed by atoms with E-state index in [1.54, 1.807) is 6.92 Å². The molecule has 0 bridgehead atoms. The zero-order valence-corrected chi connectivity index (χ0v) is 9.30. The van der Waals surface area contributed by atoms with Crippen LogP contribution in [-0.4, -0.2) is 16.3 Å². The molecule has 84 valence electrons. The van der Waals surface area contributed by atoms with Crippen LogP contribution >= 0.6 is 0 Å². The van der Waals surface area contributed by atoms with Crippen LogP contribution in [-0.2, 0) is 0 Å². The molecular formula is C14H16O2. The maximum absolute atomic E-state index is 9.89. The van der Waals surface area contributed by atoms with Gasteiger partial charge in [0.25, 0.3) is 0 Å². The summed E-state index contributed by atoms with van der Waals surface area (Å²) in [6.07, 6.45) is -0.704. The Bertz CT molecular complexity index is 477. The van der Waals surface area contributed by atoms with E-state index in [-0.39, 0.29) is 0 Å². The highest BCUT2D eigenvalue weighted by Gasteiger charge is 2.10. The van der Waals surface area contributed by atoms with Crippen molar-refractivity contribution < 1.29 is 10.2 Å². The number of hydrogen-bond acceptors (Lipinski definition) is 2. The molecule has 0 aromatic heterocycles. The van der Waals surface area contributed by atoms with E-state index in [1.807, 2.05) is 42.5 Å². The van der Waals surface area contributed by atoms with Crippen molar-refractivity contribution in [2.24, 2.45) is 0 Å². The summed E-state index contributed by atoms with van der Waals surface area (Å²) in [4.78, 5) is 0. The summed E-state index contributed by atoms with van der Waals surface area (Å²) < 4.78 is 0. The third-order valence-corrected chi connectivity index (χ3v) is 2.72. The maximum atomic E-state index is 9.89. The van der Waals surface area contributed by atoms with Gasteiger partial charge in [0.05, 0.1) is 12.2 Å². The van der Waals surface area contributed by atoms with Gasteiger partial charge in [-0.15, -0.1) is 0 Å². The quantitative estimate of drug-likeness (QED) is 0.828. The molecule has 0 amide bonds. The van der Waals surface area contributed by atoms with Crippen LogP contribution < -0.4 is 0 Å². The predicted molar refractivity (Wildman–Crippen MR) is 65.2 cm³/mol. The summed E-state index contributed by atoms with van der Waals surface area (Å²) in [5.74, 6) is 0. The molecule has 0 radical (unpaired) electrons. The highest BCUT2D eigenvalue weighted by atomic mass is 16.3. The molecule has 0 aliphatic heterocycles. The smallest absolute Gasteiger partial charge is 0.0814 e. The van der Waals surface area contributed by atoms with Gasteiger partial charge < -0.3 is 10.2 Å². The van der Waals surface area contributed by atoms with Crippen molar-refractivity contribution in [1.82, 2.24) is 0 Å². The van der Waals surface area contributed by atoms with Crippen molar-refractivity contribution in [2.75, 3.05) is 0 Å². The molecule has 2 aromatic rings. The lowest BCUT2D eigenvalue weighted by atomic mass is 10.0.